The van der Waals surface area contributed by atoms with Gasteiger partial charge in [-0.3, -0.25) is 19.3 Å². The van der Waals surface area contributed by atoms with Crippen LogP contribution >= 0.6 is 11.6 Å². The molecule has 5 rings (SSSR count). The molecule has 4 unspecified atom stereocenters. The fourth-order valence-corrected chi connectivity index (χ4v) is 5.46. The van der Waals surface area contributed by atoms with Crippen molar-refractivity contribution in [3.05, 3.63) is 64.7 Å². The van der Waals surface area contributed by atoms with Gasteiger partial charge in [0.05, 0.1) is 23.6 Å². The number of nitrogens with zero attached hydrogens (tertiary/aromatic N) is 2. The van der Waals surface area contributed by atoms with Crippen molar-refractivity contribution < 1.29 is 14.4 Å². The molecule has 0 spiro atoms. The second kappa shape index (κ2) is 6.78. The highest BCUT2D eigenvalue weighted by atomic mass is 35.5. The second-order valence-electron chi connectivity index (χ2n) is 8.17. The van der Waals surface area contributed by atoms with Crippen molar-refractivity contribution in [1.29, 1.82) is 0 Å². The van der Waals surface area contributed by atoms with Crippen LogP contribution in [0.2, 0.25) is 5.02 Å². The summed E-state index contributed by atoms with van der Waals surface area (Å²) in [6, 6.07) is 13.6. The van der Waals surface area contributed by atoms with E-state index >= 15 is 0 Å². The first kappa shape index (κ1) is 18.5. The molecule has 0 bridgehead atoms. The number of benzene rings is 2. The van der Waals surface area contributed by atoms with Crippen molar-refractivity contribution in [2.75, 3.05) is 11.4 Å². The van der Waals surface area contributed by atoms with Crippen LogP contribution in [0.5, 0.6) is 0 Å². The van der Waals surface area contributed by atoms with Gasteiger partial charge in [0, 0.05) is 16.6 Å². The van der Waals surface area contributed by atoms with Gasteiger partial charge >= 0.3 is 0 Å². The summed E-state index contributed by atoms with van der Waals surface area (Å²) >= 11 is 6.09. The van der Waals surface area contributed by atoms with Crippen LogP contribution in [-0.2, 0) is 9.59 Å². The summed E-state index contributed by atoms with van der Waals surface area (Å²) in [7, 11) is 0. The number of halogens is 1. The van der Waals surface area contributed by atoms with Gasteiger partial charge in [0.2, 0.25) is 11.8 Å². The fourth-order valence-electron chi connectivity index (χ4n) is 5.27. The lowest BCUT2D eigenvalue weighted by Crippen LogP contribution is -2.46. The van der Waals surface area contributed by atoms with Gasteiger partial charge in [-0.25, -0.2) is 4.90 Å². The first-order valence-electron chi connectivity index (χ1n) is 9.97. The molecule has 0 aromatic heterocycles. The molecule has 2 amide bonds. The average Bonchev–Trinajstić information content (AvgIpc) is 3.34. The molecule has 2 aromatic rings. The van der Waals surface area contributed by atoms with E-state index in [4.69, 9.17) is 11.6 Å². The molecule has 3 fully saturated rings. The van der Waals surface area contributed by atoms with Crippen LogP contribution in [-0.4, -0.2) is 41.1 Å². The third-order valence-corrected chi connectivity index (χ3v) is 6.76. The van der Waals surface area contributed by atoms with E-state index < -0.39 is 17.9 Å². The lowest BCUT2D eigenvalue weighted by atomic mass is 9.85. The summed E-state index contributed by atoms with van der Waals surface area (Å²) < 4.78 is 0. The Kier molecular flexibility index (Phi) is 4.33. The maximum absolute atomic E-state index is 13.4. The molecule has 3 saturated heterocycles. The molecule has 4 atom stereocenters. The van der Waals surface area contributed by atoms with Crippen molar-refractivity contribution in [3.8, 4) is 0 Å². The van der Waals surface area contributed by atoms with Crippen LogP contribution in [0.25, 0.3) is 0 Å². The number of amides is 2. The Morgan fingerprint density at radius 2 is 1.76 bits per heavy atom. The zero-order chi connectivity index (χ0) is 20.3. The SMILES string of the molecule is Cc1ccc(C(=O)C2C3C(=O)N(c4cccc(Cl)c4)C(=O)C3C3CCCN32)cc1. The van der Waals surface area contributed by atoms with Gasteiger partial charge in [-0.1, -0.05) is 47.5 Å². The topological polar surface area (TPSA) is 57.7 Å². The van der Waals surface area contributed by atoms with E-state index in [2.05, 4.69) is 4.90 Å². The van der Waals surface area contributed by atoms with Crippen LogP contribution in [0, 0.1) is 18.8 Å². The lowest BCUT2D eigenvalue weighted by molar-refractivity contribution is -0.123. The lowest BCUT2D eigenvalue weighted by Gasteiger charge is -2.27. The third kappa shape index (κ3) is 2.75. The molecule has 5 nitrogen and oxygen atoms in total. The molecule has 0 aliphatic carbocycles. The number of fused-ring (bicyclic) bond motifs is 3. The number of carbonyl (C=O) groups is 3. The normalized spacial score (nSPS) is 28.7. The maximum Gasteiger partial charge on any atom is 0.239 e. The standard InChI is InChI=1S/C23H21ClN2O3/c1-13-7-9-14(10-8-13)21(27)20-19-18(17-6-3-11-25(17)20)22(28)26(23(19)29)16-5-2-4-15(24)12-16/h2,4-5,7-10,12,17-20H,3,6,11H2,1H3. The Hall–Kier alpha value is -2.50. The van der Waals surface area contributed by atoms with Gasteiger partial charge in [-0.05, 0) is 44.5 Å². The Morgan fingerprint density at radius 3 is 2.48 bits per heavy atom. The zero-order valence-corrected chi connectivity index (χ0v) is 16.8. The molecule has 148 valence electrons. The number of imide groups is 1. The number of aryl methyl sites for hydroxylation is 1. The number of ketones is 1. The number of rotatable bonds is 3. The van der Waals surface area contributed by atoms with Crippen molar-refractivity contribution in [2.24, 2.45) is 11.8 Å². The van der Waals surface area contributed by atoms with Crippen LogP contribution in [0.4, 0.5) is 5.69 Å². The number of carbonyl (C=O) groups excluding carboxylic acids is 3. The van der Waals surface area contributed by atoms with E-state index in [0.717, 1.165) is 24.9 Å². The molecular formula is C23H21ClN2O3. The molecule has 3 heterocycles. The van der Waals surface area contributed by atoms with Gasteiger partial charge in [0.1, 0.15) is 0 Å². The van der Waals surface area contributed by atoms with Gasteiger partial charge < -0.3 is 0 Å². The summed E-state index contributed by atoms with van der Waals surface area (Å²) in [6.07, 6.45) is 1.77. The van der Waals surface area contributed by atoms with E-state index in [1.54, 1.807) is 24.3 Å². The highest BCUT2D eigenvalue weighted by Crippen LogP contribution is 2.48. The molecule has 0 N–H and O–H groups in total. The predicted molar refractivity (Wildman–Crippen MR) is 110 cm³/mol. The quantitative estimate of drug-likeness (QED) is 0.576. The molecule has 2 aromatic carbocycles. The predicted octanol–water partition coefficient (Wildman–Crippen LogP) is 3.48. The second-order valence-corrected chi connectivity index (χ2v) is 8.60. The number of hydrogen-bond donors (Lipinski definition) is 0. The maximum atomic E-state index is 13.4. The Bertz CT molecular complexity index is 1020. The molecule has 6 heteroatoms. The number of hydrogen-bond acceptors (Lipinski definition) is 4. The van der Waals surface area contributed by atoms with Crippen LogP contribution in [0.15, 0.2) is 48.5 Å². The summed E-state index contributed by atoms with van der Waals surface area (Å²) in [4.78, 5) is 43.5. The molecular weight excluding hydrogens is 388 g/mol. The molecule has 3 aliphatic rings. The van der Waals surface area contributed by atoms with E-state index in [-0.39, 0.29) is 23.6 Å². The minimum absolute atomic E-state index is 0.0555. The summed E-state index contributed by atoms with van der Waals surface area (Å²) in [6.45, 7) is 2.72. The fraction of sp³-hybridized carbons (Fsp3) is 0.348. The van der Waals surface area contributed by atoms with E-state index in [1.807, 2.05) is 31.2 Å². The first-order valence-corrected chi connectivity index (χ1v) is 10.3. The van der Waals surface area contributed by atoms with Crippen molar-refractivity contribution in [3.63, 3.8) is 0 Å². The van der Waals surface area contributed by atoms with Gasteiger partial charge in [-0.2, -0.15) is 0 Å². The van der Waals surface area contributed by atoms with Crippen molar-refractivity contribution >= 4 is 34.9 Å². The molecule has 0 radical (unpaired) electrons. The zero-order valence-electron chi connectivity index (χ0n) is 16.0. The summed E-state index contributed by atoms with van der Waals surface area (Å²) in [5.41, 5.74) is 2.14. The van der Waals surface area contributed by atoms with Crippen LogP contribution in [0.1, 0.15) is 28.8 Å². The Labute approximate surface area is 174 Å². The van der Waals surface area contributed by atoms with Crippen LogP contribution in [0.3, 0.4) is 0 Å². The molecule has 3 aliphatic heterocycles. The monoisotopic (exact) mass is 408 g/mol. The number of anilines is 1. The average molecular weight is 409 g/mol. The third-order valence-electron chi connectivity index (χ3n) is 6.52. The number of Topliss-reactive ketones (excluding diaryl/α,β-unsaturated/α-hetero) is 1. The largest absolute Gasteiger partial charge is 0.292 e. The smallest absolute Gasteiger partial charge is 0.239 e. The molecule has 0 saturated carbocycles. The van der Waals surface area contributed by atoms with Crippen molar-refractivity contribution in [2.45, 2.75) is 31.8 Å². The van der Waals surface area contributed by atoms with Gasteiger partial charge in [0.15, 0.2) is 5.78 Å². The van der Waals surface area contributed by atoms with Crippen molar-refractivity contribution in [1.82, 2.24) is 4.90 Å². The van der Waals surface area contributed by atoms with E-state index in [1.165, 1.54) is 4.90 Å². The Morgan fingerprint density at radius 1 is 1.03 bits per heavy atom. The van der Waals surface area contributed by atoms with Crippen LogP contribution < -0.4 is 4.90 Å². The highest BCUT2D eigenvalue weighted by molar-refractivity contribution is 6.31. The van der Waals surface area contributed by atoms with Gasteiger partial charge in [-0.15, -0.1) is 0 Å². The molecule has 29 heavy (non-hydrogen) atoms. The highest BCUT2D eigenvalue weighted by Gasteiger charge is 2.64. The minimum Gasteiger partial charge on any atom is -0.292 e. The summed E-state index contributed by atoms with van der Waals surface area (Å²) in [5.74, 6) is -1.68. The summed E-state index contributed by atoms with van der Waals surface area (Å²) in [5, 5.41) is 0.468. The minimum atomic E-state index is -0.638. The van der Waals surface area contributed by atoms with Gasteiger partial charge in [0.25, 0.3) is 0 Å². The Balaban J connectivity index is 1.55. The first-order chi connectivity index (χ1) is 14.0. The van der Waals surface area contributed by atoms with E-state index in [9.17, 15) is 14.4 Å². The van der Waals surface area contributed by atoms with E-state index in [0.29, 0.717) is 16.3 Å².